The summed E-state index contributed by atoms with van der Waals surface area (Å²) in [6.07, 6.45) is 0. The van der Waals surface area contributed by atoms with Crippen LogP contribution >= 0.6 is 0 Å². The Hall–Kier alpha value is -4.25. The highest BCUT2D eigenvalue weighted by molar-refractivity contribution is 5.95. The van der Waals surface area contributed by atoms with Crippen LogP contribution in [-0.2, 0) is 6.61 Å². The Bertz CT molecular complexity index is 1190. The van der Waals surface area contributed by atoms with Gasteiger partial charge in [-0.3, -0.25) is 4.79 Å². The van der Waals surface area contributed by atoms with E-state index in [1.54, 1.807) is 32.4 Å². The lowest BCUT2D eigenvalue weighted by molar-refractivity contribution is 0.0942. The Balaban J connectivity index is 1.57. The van der Waals surface area contributed by atoms with Gasteiger partial charge >= 0.3 is 0 Å². The molecule has 0 saturated carbocycles. The Labute approximate surface area is 199 Å². The summed E-state index contributed by atoms with van der Waals surface area (Å²) < 4.78 is 16.8. The van der Waals surface area contributed by atoms with Crippen LogP contribution in [0, 0.1) is 0 Å². The number of nitrogens with one attached hydrogen (secondary N) is 1. The van der Waals surface area contributed by atoms with E-state index >= 15 is 0 Å². The fraction of sp³-hybridized carbons (Fsp3) is 0.138. The molecule has 4 aromatic rings. The Kier molecular flexibility index (Phi) is 7.45. The predicted molar refractivity (Wildman–Crippen MR) is 133 cm³/mol. The van der Waals surface area contributed by atoms with Crippen LogP contribution in [0.4, 0.5) is 0 Å². The Morgan fingerprint density at radius 2 is 1.26 bits per heavy atom. The number of benzene rings is 4. The molecular formula is C29H27NO4. The van der Waals surface area contributed by atoms with E-state index in [4.69, 9.17) is 14.2 Å². The molecule has 0 saturated heterocycles. The molecule has 0 radical (unpaired) electrons. The zero-order valence-corrected chi connectivity index (χ0v) is 19.2. The molecule has 0 atom stereocenters. The highest BCUT2D eigenvalue weighted by Crippen LogP contribution is 2.29. The van der Waals surface area contributed by atoms with E-state index in [1.807, 2.05) is 84.9 Å². The van der Waals surface area contributed by atoms with Crippen molar-refractivity contribution in [2.24, 2.45) is 0 Å². The first kappa shape index (κ1) is 22.9. The molecule has 34 heavy (non-hydrogen) atoms. The topological polar surface area (TPSA) is 56.8 Å². The summed E-state index contributed by atoms with van der Waals surface area (Å²) in [6.45, 7) is 0.228. The van der Waals surface area contributed by atoms with E-state index in [0.717, 1.165) is 16.7 Å². The van der Waals surface area contributed by atoms with Crippen molar-refractivity contribution < 1.29 is 19.0 Å². The molecule has 0 aliphatic carbocycles. The van der Waals surface area contributed by atoms with Gasteiger partial charge in [-0.05, 0) is 41.5 Å². The Morgan fingerprint density at radius 3 is 1.85 bits per heavy atom. The summed E-state index contributed by atoms with van der Waals surface area (Å²) >= 11 is 0. The SMILES string of the molecule is COc1ccc(C(=O)NC(c2ccccc2)c2ccccc2)cc1COc1ccccc1OC. The molecule has 0 aliphatic heterocycles. The molecule has 5 nitrogen and oxygen atoms in total. The van der Waals surface area contributed by atoms with Crippen molar-refractivity contribution in [2.75, 3.05) is 14.2 Å². The van der Waals surface area contributed by atoms with Gasteiger partial charge in [0.25, 0.3) is 5.91 Å². The van der Waals surface area contributed by atoms with E-state index in [1.165, 1.54) is 0 Å². The number of para-hydroxylation sites is 2. The largest absolute Gasteiger partial charge is 0.496 e. The number of carbonyl (C=O) groups excluding carboxylic acids is 1. The van der Waals surface area contributed by atoms with Crippen molar-refractivity contribution in [2.45, 2.75) is 12.6 Å². The molecule has 0 heterocycles. The monoisotopic (exact) mass is 453 g/mol. The number of amides is 1. The number of ether oxygens (including phenoxy) is 3. The third-order valence-electron chi connectivity index (χ3n) is 5.54. The minimum Gasteiger partial charge on any atom is -0.496 e. The summed E-state index contributed by atoms with van der Waals surface area (Å²) in [7, 11) is 3.20. The van der Waals surface area contributed by atoms with Crippen LogP contribution in [0.2, 0.25) is 0 Å². The summed E-state index contributed by atoms with van der Waals surface area (Å²) in [5.74, 6) is 1.73. The van der Waals surface area contributed by atoms with Crippen molar-refractivity contribution in [3.8, 4) is 17.2 Å². The van der Waals surface area contributed by atoms with Gasteiger partial charge in [-0.2, -0.15) is 0 Å². The molecule has 1 N–H and O–H groups in total. The fourth-order valence-corrected chi connectivity index (χ4v) is 3.79. The summed E-state index contributed by atoms with van der Waals surface area (Å²) in [4.78, 5) is 13.3. The third kappa shape index (κ3) is 5.38. The van der Waals surface area contributed by atoms with Gasteiger partial charge in [0.15, 0.2) is 11.5 Å². The fourth-order valence-electron chi connectivity index (χ4n) is 3.79. The standard InChI is InChI=1S/C29H27NO4/c1-32-25-18-17-23(19-24(25)20-34-27-16-10-9-15-26(27)33-2)29(31)30-28(21-11-5-3-6-12-21)22-13-7-4-8-14-22/h3-19,28H,20H2,1-2H3,(H,30,31). The first-order valence-electron chi connectivity index (χ1n) is 11.0. The molecule has 0 aromatic heterocycles. The molecule has 4 aromatic carbocycles. The number of hydrogen-bond acceptors (Lipinski definition) is 4. The maximum atomic E-state index is 13.3. The number of hydrogen-bond donors (Lipinski definition) is 1. The van der Waals surface area contributed by atoms with Gasteiger partial charge < -0.3 is 19.5 Å². The quantitative estimate of drug-likeness (QED) is 0.348. The maximum absolute atomic E-state index is 13.3. The smallest absolute Gasteiger partial charge is 0.252 e. The van der Waals surface area contributed by atoms with E-state index in [0.29, 0.717) is 22.8 Å². The molecule has 1 amide bonds. The summed E-state index contributed by atoms with van der Waals surface area (Å²) in [6, 6.07) is 32.4. The lowest BCUT2D eigenvalue weighted by atomic mass is 9.98. The maximum Gasteiger partial charge on any atom is 0.252 e. The second-order valence-corrected chi connectivity index (χ2v) is 7.69. The molecular weight excluding hydrogens is 426 g/mol. The van der Waals surface area contributed by atoms with Crippen LogP contribution in [0.25, 0.3) is 0 Å². The minimum atomic E-state index is -0.273. The summed E-state index contributed by atoms with van der Waals surface area (Å²) in [5, 5.41) is 3.18. The van der Waals surface area contributed by atoms with Gasteiger partial charge in [0.05, 0.1) is 20.3 Å². The second-order valence-electron chi connectivity index (χ2n) is 7.69. The number of rotatable bonds is 9. The normalized spacial score (nSPS) is 10.6. The number of carbonyl (C=O) groups is 1. The van der Waals surface area contributed by atoms with Crippen LogP contribution in [0.5, 0.6) is 17.2 Å². The molecule has 4 rings (SSSR count). The molecule has 172 valence electrons. The zero-order chi connectivity index (χ0) is 23.8. The van der Waals surface area contributed by atoms with Gasteiger partial charge in [-0.15, -0.1) is 0 Å². The van der Waals surface area contributed by atoms with E-state index in [2.05, 4.69) is 5.32 Å². The van der Waals surface area contributed by atoms with Crippen molar-refractivity contribution >= 4 is 5.91 Å². The average molecular weight is 454 g/mol. The second kappa shape index (κ2) is 11.1. The van der Waals surface area contributed by atoms with Crippen molar-refractivity contribution in [1.29, 1.82) is 0 Å². The lowest BCUT2D eigenvalue weighted by Gasteiger charge is -2.20. The van der Waals surface area contributed by atoms with Crippen LogP contribution in [-0.4, -0.2) is 20.1 Å². The number of methoxy groups -OCH3 is 2. The Morgan fingerprint density at radius 1 is 0.706 bits per heavy atom. The van der Waals surface area contributed by atoms with Crippen molar-refractivity contribution in [3.05, 3.63) is 125 Å². The predicted octanol–water partition coefficient (Wildman–Crippen LogP) is 5.80. The van der Waals surface area contributed by atoms with Crippen molar-refractivity contribution in [3.63, 3.8) is 0 Å². The molecule has 0 bridgehead atoms. The molecule has 5 heteroatoms. The lowest BCUT2D eigenvalue weighted by Crippen LogP contribution is -2.29. The van der Waals surface area contributed by atoms with Crippen LogP contribution in [0.1, 0.15) is 33.1 Å². The molecule has 0 spiro atoms. The van der Waals surface area contributed by atoms with Crippen LogP contribution in [0.15, 0.2) is 103 Å². The van der Waals surface area contributed by atoms with Crippen LogP contribution in [0.3, 0.4) is 0 Å². The van der Waals surface area contributed by atoms with Crippen LogP contribution < -0.4 is 19.5 Å². The van der Waals surface area contributed by atoms with E-state index < -0.39 is 0 Å². The highest BCUT2D eigenvalue weighted by Gasteiger charge is 2.19. The zero-order valence-electron chi connectivity index (χ0n) is 19.2. The van der Waals surface area contributed by atoms with Gasteiger partial charge in [-0.1, -0.05) is 72.8 Å². The first-order chi connectivity index (χ1) is 16.7. The van der Waals surface area contributed by atoms with E-state index in [-0.39, 0.29) is 18.6 Å². The first-order valence-corrected chi connectivity index (χ1v) is 11.0. The molecule has 0 unspecified atom stereocenters. The highest BCUT2D eigenvalue weighted by atomic mass is 16.5. The van der Waals surface area contributed by atoms with Gasteiger partial charge in [0.1, 0.15) is 12.4 Å². The van der Waals surface area contributed by atoms with Gasteiger partial charge in [0, 0.05) is 11.1 Å². The summed E-state index contributed by atoms with van der Waals surface area (Å²) in [5.41, 5.74) is 3.30. The third-order valence-corrected chi connectivity index (χ3v) is 5.54. The van der Waals surface area contributed by atoms with Gasteiger partial charge in [-0.25, -0.2) is 0 Å². The van der Waals surface area contributed by atoms with E-state index in [9.17, 15) is 4.79 Å². The average Bonchev–Trinajstić information content (AvgIpc) is 2.91. The molecule has 0 fully saturated rings. The molecule has 0 aliphatic rings. The minimum absolute atomic E-state index is 0.182. The van der Waals surface area contributed by atoms with Gasteiger partial charge in [0.2, 0.25) is 0 Å². The van der Waals surface area contributed by atoms with Crippen molar-refractivity contribution in [1.82, 2.24) is 5.32 Å².